The van der Waals surface area contributed by atoms with Crippen LogP contribution in [0.5, 0.6) is 0 Å². The molecule has 1 atom stereocenters. The van der Waals surface area contributed by atoms with Crippen LogP contribution < -0.4 is 5.12 Å². The minimum absolute atomic E-state index is 0.0223. The van der Waals surface area contributed by atoms with E-state index >= 15 is 0 Å². The van der Waals surface area contributed by atoms with Gasteiger partial charge in [0.2, 0.25) is 0 Å². The van der Waals surface area contributed by atoms with Crippen molar-refractivity contribution in [3.8, 4) is 0 Å². The molecule has 1 rings (SSSR count). The number of quaternary nitrogens is 1. The van der Waals surface area contributed by atoms with Crippen molar-refractivity contribution in [1.29, 1.82) is 0 Å². The highest BCUT2D eigenvalue weighted by atomic mass is 19.2. The number of unbranched alkanes of at least 4 members (excludes halogenated alkanes) is 2. The molecule has 0 fully saturated rings. The first-order chi connectivity index (χ1) is 6.34. The van der Waals surface area contributed by atoms with Crippen LogP contribution in [0.3, 0.4) is 0 Å². The fourth-order valence-corrected chi connectivity index (χ4v) is 1.29. The molecule has 2 heteroatoms. The average molecular weight is 182 g/mol. The zero-order valence-electron chi connectivity index (χ0n) is 8.09. The van der Waals surface area contributed by atoms with Crippen molar-refractivity contribution in [2.45, 2.75) is 26.2 Å². The first kappa shape index (κ1) is 10.2. The summed E-state index contributed by atoms with van der Waals surface area (Å²) in [5, 5.41) is 0.0223. The lowest BCUT2D eigenvalue weighted by Gasteiger charge is -2.05. The van der Waals surface area contributed by atoms with Gasteiger partial charge in [0.25, 0.3) is 0 Å². The maximum atomic E-state index is 13.4. The summed E-state index contributed by atoms with van der Waals surface area (Å²) < 4.78 is 13.4. The Morgan fingerprint density at radius 3 is 2.46 bits per heavy atom. The fraction of sp³-hybridized carbons (Fsp3) is 0.455. The molecule has 72 valence electrons. The Labute approximate surface area is 79.1 Å². The summed E-state index contributed by atoms with van der Waals surface area (Å²) in [5.74, 6) is 0. The van der Waals surface area contributed by atoms with Crippen LogP contribution in [0.4, 0.5) is 10.2 Å². The number of benzene rings is 1. The van der Waals surface area contributed by atoms with Gasteiger partial charge in [0, 0.05) is 23.0 Å². The maximum Gasteiger partial charge on any atom is 0.169 e. The SMILES string of the molecule is CCCCC[NH+](F)c1ccccc1. The summed E-state index contributed by atoms with van der Waals surface area (Å²) in [6.07, 6.45) is 3.21. The van der Waals surface area contributed by atoms with Gasteiger partial charge in [-0.2, -0.15) is 0 Å². The minimum Gasteiger partial charge on any atom is -0.109 e. The van der Waals surface area contributed by atoms with E-state index in [2.05, 4.69) is 6.92 Å². The lowest BCUT2D eigenvalue weighted by Crippen LogP contribution is -2.99. The van der Waals surface area contributed by atoms with E-state index in [0.29, 0.717) is 6.54 Å². The molecule has 0 aliphatic carbocycles. The Morgan fingerprint density at radius 2 is 1.85 bits per heavy atom. The highest BCUT2D eigenvalue weighted by Crippen LogP contribution is 1.99. The topological polar surface area (TPSA) is 4.44 Å². The predicted molar refractivity (Wildman–Crippen MR) is 52.6 cm³/mol. The molecule has 0 heterocycles. The zero-order valence-corrected chi connectivity index (χ0v) is 8.09. The fourth-order valence-electron chi connectivity index (χ4n) is 1.29. The lowest BCUT2D eigenvalue weighted by molar-refractivity contribution is -0.982. The van der Waals surface area contributed by atoms with Gasteiger partial charge in [0.1, 0.15) is 6.54 Å². The van der Waals surface area contributed by atoms with Gasteiger partial charge in [-0.05, 0) is 6.42 Å². The van der Waals surface area contributed by atoms with Gasteiger partial charge >= 0.3 is 0 Å². The molecule has 0 bridgehead atoms. The first-order valence-electron chi connectivity index (χ1n) is 4.91. The Hall–Kier alpha value is -0.890. The predicted octanol–water partition coefficient (Wildman–Crippen LogP) is 2.28. The normalized spacial score (nSPS) is 12.8. The van der Waals surface area contributed by atoms with Crippen LogP contribution in [0.15, 0.2) is 30.3 Å². The van der Waals surface area contributed by atoms with Gasteiger partial charge in [0.05, 0.1) is 0 Å². The molecule has 0 aromatic heterocycles. The monoisotopic (exact) mass is 182 g/mol. The van der Waals surface area contributed by atoms with Gasteiger partial charge in [-0.1, -0.05) is 31.5 Å². The molecule has 1 aromatic rings. The lowest BCUT2D eigenvalue weighted by atomic mass is 10.2. The molecule has 1 N–H and O–H groups in total. The minimum atomic E-state index is 0.0223. The van der Waals surface area contributed by atoms with E-state index in [1.807, 2.05) is 30.3 Å². The van der Waals surface area contributed by atoms with Crippen molar-refractivity contribution >= 4 is 5.69 Å². The molecule has 0 radical (unpaired) electrons. The van der Waals surface area contributed by atoms with E-state index in [-0.39, 0.29) is 5.12 Å². The smallest absolute Gasteiger partial charge is 0.109 e. The number of para-hydroxylation sites is 1. The van der Waals surface area contributed by atoms with Crippen molar-refractivity contribution in [3.63, 3.8) is 0 Å². The summed E-state index contributed by atoms with van der Waals surface area (Å²) in [7, 11) is 0. The molecule has 0 saturated heterocycles. The van der Waals surface area contributed by atoms with Crippen molar-refractivity contribution in [1.82, 2.24) is 0 Å². The van der Waals surface area contributed by atoms with Crippen molar-refractivity contribution in [2.75, 3.05) is 6.54 Å². The number of nitrogens with one attached hydrogen (secondary N) is 1. The first-order valence-corrected chi connectivity index (χ1v) is 4.91. The second-order valence-corrected chi connectivity index (χ2v) is 3.23. The van der Waals surface area contributed by atoms with Gasteiger partial charge in [-0.15, -0.1) is 5.12 Å². The van der Waals surface area contributed by atoms with Gasteiger partial charge in [0.15, 0.2) is 5.69 Å². The van der Waals surface area contributed by atoms with Crippen LogP contribution in [-0.4, -0.2) is 6.54 Å². The second-order valence-electron chi connectivity index (χ2n) is 3.23. The molecule has 1 aromatic carbocycles. The van der Waals surface area contributed by atoms with Crippen LogP contribution in [0.25, 0.3) is 0 Å². The molecular formula is C11H17FN+. The van der Waals surface area contributed by atoms with Crippen molar-refractivity contribution < 1.29 is 9.60 Å². The molecule has 0 saturated carbocycles. The van der Waals surface area contributed by atoms with Crippen LogP contribution in [0.2, 0.25) is 0 Å². The number of hydrogen-bond donors (Lipinski definition) is 1. The van der Waals surface area contributed by atoms with Gasteiger partial charge in [-0.25, -0.2) is 0 Å². The molecule has 0 spiro atoms. The van der Waals surface area contributed by atoms with Crippen molar-refractivity contribution in [3.05, 3.63) is 30.3 Å². The summed E-state index contributed by atoms with van der Waals surface area (Å²) in [5.41, 5.74) is 0.735. The van der Waals surface area contributed by atoms with Crippen LogP contribution >= 0.6 is 0 Å². The van der Waals surface area contributed by atoms with E-state index in [4.69, 9.17) is 0 Å². The van der Waals surface area contributed by atoms with E-state index in [0.717, 1.165) is 24.9 Å². The van der Waals surface area contributed by atoms with Gasteiger partial charge < -0.3 is 0 Å². The summed E-state index contributed by atoms with van der Waals surface area (Å²) in [6, 6.07) is 9.29. The zero-order chi connectivity index (χ0) is 9.52. The molecule has 1 unspecified atom stereocenters. The number of hydrogen-bond acceptors (Lipinski definition) is 0. The van der Waals surface area contributed by atoms with E-state index < -0.39 is 0 Å². The van der Waals surface area contributed by atoms with E-state index in [9.17, 15) is 4.48 Å². The molecule has 0 aliphatic heterocycles. The third-order valence-corrected chi connectivity index (χ3v) is 2.09. The van der Waals surface area contributed by atoms with Gasteiger partial charge in [-0.3, -0.25) is 0 Å². The van der Waals surface area contributed by atoms with Crippen molar-refractivity contribution in [2.24, 2.45) is 0 Å². The second kappa shape index (κ2) is 5.70. The van der Waals surface area contributed by atoms with E-state index in [1.165, 1.54) is 0 Å². The molecule has 13 heavy (non-hydrogen) atoms. The Kier molecular flexibility index (Phi) is 4.47. The number of rotatable bonds is 5. The molecule has 0 aliphatic rings. The third kappa shape index (κ3) is 3.55. The highest BCUT2D eigenvalue weighted by molar-refractivity contribution is 5.27. The maximum absolute atomic E-state index is 13.4. The Bertz CT molecular complexity index is 223. The van der Waals surface area contributed by atoms with Crippen LogP contribution in [-0.2, 0) is 0 Å². The quantitative estimate of drug-likeness (QED) is 0.526. The molecule has 0 amide bonds. The largest absolute Gasteiger partial charge is 0.169 e. The highest BCUT2D eigenvalue weighted by Gasteiger charge is 2.09. The van der Waals surface area contributed by atoms with Crippen LogP contribution in [0, 0.1) is 0 Å². The average Bonchev–Trinajstić information content (AvgIpc) is 2.19. The third-order valence-electron chi connectivity index (χ3n) is 2.09. The summed E-state index contributed by atoms with van der Waals surface area (Å²) in [6.45, 7) is 2.71. The standard InChI is InChI=1S/C11H16FN/c1-2-3-7-10-13(12)11-8-5-4-6-9-11/h4-6,8-9H,2-3,7,10H2,1H3/p+1. The molecule has 1 nitrogen and oxygen atoms in total. The Morgan fingerprint density at radius 1 is 1.15 bits per heavy atom. The number of halogens is 1. The molecular weight excluding hydrogens is 165 g/mol. The summed E-state index contributed by atoms with van der Waals surface area (Å²) in [4.78, 5) is 0. The Balaban J connectivity index is 2.35. The van der Waals surface area contributed by atoms with E-state index in [1.54, 1.807) is 0 Å². The summed E-state index contributed by atoms with van der Waals surface area (Å²) >= 11 is 0. The van der Waals surface area contributed by atoms with Crippen LogP contribution in [0.1, 0.15) is 26.2 Å².